The van der Waals surface area contributed by atoms with Gasteiger partial charge in [0.05, 0.1) is 6.61 Å². The molecule has 0 aliphatic heterocycles. The van der Waals surface area contributed by atoms with E-state index in [1.807, 2.05) is 36.1 Å². The molecule has 0 saturated heterocycles. The number of hydrogen-bond acceptors (Lipinski definition) is 2. The molecule has 3 nitrogen and oxygen atoms in total. The second-order valence-electron chi connectivity index (χ2n) is 5.33. The molecule has 1 aromatic rings. The van der Waals surface area contributed by atoms with Crippen LogP contribution in [0.5, 0.6) is 0 Å². The molecule has 0 aromatic heterocycles. The molecule has 0 radical (unpaired) electrons. The standard InChI is InChI=1S/C16H23NO2/c1-13-7-5-6-10-15(13)16(19)17(11-12-18)14-8-3-2-4-9-14/h5-7,10,14,18H,2-4,8-9,11-12H2,1H3. The summed E-state index contributed by atoms with van der Waals surface area (Å²) < 4.78 is 0. The predicted octanol–water partition coefficient (Wildman–Crippen LogP) is 2.76. The highest BCUT2D eigenvalue weighted by Crippen LogP contribution is 2.24. The van der Waals surface area contributed by atoms with E-state index < -0.39 is 0 Å². The van der Waals surface area contributed by atoms with Crippen molar-refractivity contribution >= 4 is 5.91 Å². The van der Waals surface area contributed by atoms with Gasteiger partial charge in [0, 0.05) is 18.2 Å². The van der Waals surface area contributed by atoms with Crippen molar-refractivity contribution in [1.29, 1.82) is 0 Å². The van der Waals surface area contributed by atoms with Crippen LogP contribution in [0, 0.1) is 6.92 Å². The minimum absolute atomic E-state index is 0.0358. The lowest BCUT2D eigenvalue weighted by Gasteiger charge is -2.34. The second-order valence-corrected chi connectivity index (χ2v) is 5.33. The first-order valence-electron chi connectivity index (χ1n) is 7.21. The zero-order valence-electron chi connectivity index (χ0n) is 11.6. The molecule has 0 unspecified atom stereocenters. The van der Waals surface area contributed by atoms with Crippen molar-refractivity contribution in [1.82, 2.24) is 4.90 Å². The van der Waals surface area contributed by atoms with E-state index in [1.165, 1.54) is 19.3 Å². The number of carbonyl (C=O) groups excluding carboxylic acids is 1. The van der Waals surface area contributed by atoms with Crippen LogP contribution in [0.15, 0.2) is 24.3 Å². The molecule has 1 N–H and O–H groups in total. The average molecular weight is 261 g/mol. The summed E-state index contributed by atoms with van der Waals surface area (Å²) in [5.41, 5.74) is 1.77. The average Bonchev–Trinajstić information content (AvgIpc) is 2.45. The molecule has 0 spiro atoms. The van der Waals surface area contributed by atoms with E-state index in [1.54, 1.807) is 0 Å². The molecule has 0 heterocycles. The van der Waals surface area contributed by atoms with Crippen LogP contribution in [0.2, 0.25) is 0 Å². The topological polar surface area (TPSA) is 40.5 Å². The van der Waals surface area contributed by atoms with E-state index in [-0.39, 0.29) is 12.5 Å². The van der Waals surface area contributed by atoms with Crippen molar-refractivity contribution in [3.63, 3.8) is 0 Å². The van der Waals surface area contributed by atoms with Gasteiger partial charge in [-0.25, -0.2) is 0 Å². The summed E-state index contributed by atoms with van der Waals surface area (Å²) >= 11 is 0. The third-order valence-electron chi connectivity index (χ3n) is 3.99. The SMILES string of the molecule is Cc1ccccc1C(=O)N(CCO)C1CCCCC1. The van der Waals surface area contributed by atoms with Gasteiger partial charge >= 0.3 is 0 Å². The molecule has 1 aromatic carbocycles. The number of aliphatic hydroxyl groups excluding tert-OH is 1. The molecule has 104 valence electrons. The molecule has 1 saturated carbocycles. The Kier molecular flexibility index (Phi) is 4.97. The minimum Gasteiger partial charge on any atom is -0.395 e. The number of nitrogens with zero attached hydrogens (tertiary/aromatic N) is 1. The Hall–Kier alpha value is -1.35. The zero-order chi connectivity index (χ0) is 13.7. The Bertz CT molecular complexity index is 425. The Morgan fingerprint density at radius 3 is 2.58 bits per heavy atom. The van der Waals surface area contributed by atoms with Crippen LogP contribution < -0.4 is 0 Å². The molecule has 1 fully saturated rings. The fourth-order valence-corrected chi connectivity index (χ4v) is 2.92. The van der Waals surface area contributed by atoms with Crippen molar-refractivity contribution in [2.24, 2.45) is 0 Å². The van der Waals surface area contributed by atoms with Gasteiger partial charge in [-0.05, 0) is 31.4 Å². The summed E-state index contributed by atoms with van der Waals surface area (Å²) in [5, 5.41) is 9.24. The van der Waals surface area contributed by atoms with Crippen molar-refractivity contribution in [3.8, 4) is 0 Å². The molecule has 1 amide bonds. The van der Waals surface area contributed by atoms with Gasteiger partial charge in [-0.2, -0.15) is 0 Å². The largest absolute Gasteiger partial charge is 0.395 e. The van der Waals surface area contributed by atoms with Crippen molar-refractivity contribution in [3.05, 3.63) is 35.4 Å². The molecule has 1 aliphatic rings. The molecular weight excluding hydrogens is 238 g/mol. The van der Waals surface area contributed by atoms with Crippen molar-refractivity contribution in [2.75, 3.05) is 13.2 Å². The number of amides is 1. The van der Waals surface area contributed by atoms with Crippen LogP contribution in [-0.2, 0) is 0 Å². The molecule has 19 heavy (non-hydrogen) atoms. The first-order valence-corrected chi connectivity index (χ1v) is 7.21. The maximum absolute atomic E-state index is 12.7. The van der Waals surface area contributed by atoms with E-state index in [0.717, 1.165) is 24.0 Å². The van der Waals surface area contributed by atoms with E-state index in [9.17, 15) is 9.90 Å². The Morgan fingerprint density at radius 2 is 1.95 bits per heavy atom. The number of benzene rings is 1. The van der Waals surface area contributed by atoms with Gasteiger partial charge in [-0.15, -0.1) is 0 Å². The highest BCUT2D eigenvalue weighted by Gasteiger charge is 2.26. The van der Waals surface area contributed by atoms with Crippen LogP contribution in [0.3, 0.4) is 0 Å². The number of carbonyl (C=O) groups is 1. The molecule has 0 bridgehead atoms. The molecule has 3 heteroatoms. The minimum atomic E-state index is 0.0358. The summed E-state index contributed by atoms with van der Waals surface area (Å²) in [6, 6.07) is 7.99. The predicted molar refractivity (Wildman–Crippen MR) is 76.2 cm³/mol. The lowest BCUT2D eigenvalue weighted by Crippen LogP contribution is -2.43. The number of hydrogen-bond donors (Lipinski definition) is 1. The fraction of sp³-hybridized carbons (Fsp3) is 0.562. The van der Waals surface area contributed by atoms with Crippen molar-refractivity contribution < 1.29 is 9.90 Å². The maximum atomic E-state index is 12.7. The zero-order valence-corrected chi connectivity index (χ0v) is 11.6. The summed E-state index contributed by atoms with van der Waals surface area (Å²) in [6.45, 7) is 2.44. The van der Waals surface area contributed by atoms with Crippen LogP contribution in [0.4, 0.5) is 0 Å². The lowest BCUT2D eigenvalue weighted by atomic mass is 9.93. The second kappa shape index (κ2) is 6.71. The highest BCUT2D eigenvalue weighted by atomic mass is 16.3. The maximum Gasteiger partial charge on any atom is 0.254 e. The summed E-state index contributed by atoms with van der Waals surface area (Å²) in [7, 11) is 0. The molecule has 2 rings (SSSR count). The lowest BCUT2D eigenvalue weighted by molar-refractivity contribution is 0.0584. The smallest absolute Gasteiger partial charge is 0.254 e. The van der Waals surface area contributed by atoms with E-state index in [4.69, 9.17) is 0 Å². The van der Waals surface area contributed by atoms with Gasteiger partial charge in [0.2, 0.25) is 0 Å². The van der Waals surface area contributed by atoms with E-state index in [0.29, 0.717) is 12.6 Å². The van der Waals surface area contributed by atoms with Gasteiger partial charge in [-0.3, -0.25) is 4.79 Å². The van der Waals surface area contributed by atoms with Crippen LogP contribution >= 0.6 is 0 Å². The van der Waals surface area contributed by atoms with E-state index in [2.05, 4.69) is 0 Å². The van der Waals surface area contributed by atoms with E-state index >= 15 is 0 Å². The Balaban J connectivity index is 2.18. The first kappa shape index (κ1) is 14.1. The molecule has 1 aliphatic carbocycles. The van der Waals surface area contributed by atoms with Gasteiger partial charge in [-0.1, -0.05) is 37.5 Å². The van der Waals surface area contributed by atoms with Gasteiger partial charge in [0.1, 0.15) is 0 Å². The monoisotopic (exact) mass is 261 g/mol. The molecular formula is C16H23NO2. The van der Waals surface area contributed by atoms with Gasteiger partial charge in [0.15, 0.2) is 0 Å². The number of rotatable bonds is 4. The van der Waals surface area contributed by atoms with Gasteiger partial charge < -0.3 is 10.0 Å². The normalized spacial score (nSPS) is 16.3. The third-order valence-corrected chi connectivity index (χ3v) is 3.99. The fourth-order valence-electron chi connectivity index (χ4n) is 2.92. The third kappa shape index (κ3) is 3.35. The quantitative estimate of drug-likeness (QED) is 0.905. The van der Waals surface area contributed by atoms with Crippen molar-refractivity contribution in [2.45, 2.75) is 45.1 Å². The van der Waals surface area contributed by atoms with Crippen LogP contribution in [-0.4, -0.2) is 35.1 Å². The highest BCUT2D eigenvalue weighted by molar-refractivity contribution is 5.95. The number of aryl methyl sites for hydroxylation is 1. The Morgan fingerprint density at radius 1 is 1.26 bits per heavy atom. The van der Waals surface area contributed by atoms with Crippen LogP contribution in [0.1, 0.15) is 48.0 Å². The Labute approximate surface area is 115 Å². The van der Waals surface area contributed by atoms with Gasteiger partial charge in [0.25, 0.3) is 5.91 Å². The summed E-state index contributed by atoms with van der Waals surface area (Å²) in [5.74, 6) is 0.0686. The number of aliphatic hydroxyl groups is 1. The first-order chi connectivity index (χ1) is 9.24. The summed E-state index contributed by atoms with van der Waals surface area (Å²) in [4.78, 5) is 14.5. The molecule has 0 atom stereocenters. The van der Waals surface area contributed by atoms with Crippen LogP contribution in [0.25, 0.3) is 0 Å². The summed E-state index contributed by atoms with van der Waals surface area (Å²) in [6.07, 6.45) is 5.78.